The lowest BCUT2D eigenvalue weighted by molar-refractivity contribution is -0.137. The predicted molar refractivity (Wildman–Crippen MR) is 110 cm³/mol. The van der Waals surface area contributed by atoms with Crippen molar-refractivity contribution in [2.45, 2.75) is 6.54 Å². The molecule has 0 fully saturated rings. The molecule has 3 aromatic carbocycles. The number of halogens is 1. The Labute approximate surface area is 168 Å². The summed E-state index contributed by atoms with van der Waals surface area (Å²) in [6.07, 6.45) is 0. The van der Waals surface area contributed by atoms with E-state index >= 15 is 0 Å². The van der Waals surface area contributed by atoms with Gasteiger partial charge in [0.1, 0.15) is 11.5 Å². The van der Waals surface area contributed by atoms with Gasteiger partial charge in [-0.05, 0) is 23.8 Å². The summed E-state index contributed by atoms with van der Waals surface area (Å²) in [4.78, 5) is 29.4. The number of anilines is 1. The quantitative estimate of drug-likeness (QED) is 0.616. The fourth-order valence-corrected chi connectivity index (χ4v) is 3.46. The van der Waals surface area contributed by atoms with Crippen molar-refractivity contribution in [2.75, 3.05) is 11.9 Å². The number of hydrogen-bond donors (Lipinski definition) is 0. The van der Waals surface area contributed by atoms with Crippen LogP contribution in [-0.4, -0.2) is 23.8 Å². The highest BCUT2D eigenvalue weighted by Crippen LogP contribution is 2.34. The van der Waals surface area contributed by atoms with Gasteiger partial charge in [0.15, 0.2) is 0 Å². The minimum atomic E-state index is -0.445. The molecule has 0 aromatic heterocycles. The Bertz CT molecular complexity index is 1090. The average molecular weight is 386 g/mol. The number of benzene rings is 3. The van der Waals surface area contributed by atoms with Gasteiger partial charge < -0.3 is 4.90 Å². The number of carbonyl (C=O) groups is 2. The zero-order valence-corrected chi connectivity index (χ0v) is 15.9. The van der Waals surface area contributed by atoms with Crippen LogP contribution in [0.2, 0.25) is 0 Å². The highest BCUT2D eigenvalue weighted by molar-refractivity contribution is 6.36. The van der Waals surface area contributed by atoms with Gasteiger partial charge in [0.05, 0.1) is 12.1 Å². The van der Waals surface area contributed by atoms with Gasteiger partial charge in [-0.1, -0.05) is 66.7 Å². The summed E-state index contributed by atoms with van der Waals surface area (Å²) in [5, 5.41) is 0. The topological polar surface area (TPSA) is 40.6 Å². The molecule has 0 aliphatic carbocycles. The summed E-state index contributed by atoms with van der Waals surface area (Å²) < 4.78 is 14.2. The van der Waals surface area contributed by atoms with Gasteiger partial charge in [0, 0.05) is 18.3 Å². The number of rotatable bonds is 5. The fourth-order valence-electron chi connectivity index (χ4n) is 3.46. The van der Waals surface area contributed by atoms with Crippen LogP contribution in [-0.2, 0) is 16.1 Å². The van der Waals surface area contributed by atoms with E-state index in [4.69, 9.17) is 0 Å². The Kier molecular flexibility index (Phi) is 4.96. The van der Waals surface area contributed by atoms with Crippen molar-refractivity contribution in [3.63, 3.8) is 0 Å². The second kappa shape index (κ2) is 7.72. The smallest absolute Gasteiger partial charge is 0.278 e. The monoisotopic (exact) mass is 386 g/mol. The fraction of sp³-hybridized carbons (Fsp3) is 0.0833. The zero-order valence-electron chi connectivity index (χ0n) is 15.9. The third kappa shape index (κ3) is 3.43. The van der Waals surface area contributed by atoms with Crippen molar-refractivity contribution >= 4 is 23.1 Å². The molecular weight excluding hydrogens is 367 g/mol. The Hall–Kier alpha value is -3.73. The molecule has 2 amide bonds. The van der Waals surface area contributed by atoms with E-state index in [1.54, 1.807) is 42.3 Å². The standard InChI is InChI=1S/C24H19FN2O2/c1-26(19-13-6-3-7-14-19)22-21(17-10-4-2-5-11-17)23(28)27(24(22)29)16-18-12-8-9-15-20(18)25/h2-15H,16H2,1H3. The number of amides is 2. The molecule has 0 bridgehead atoms. The molecule has 4 nitrogen and oxygen atoms in total. The molecular formula is C24H19FN2O2. The maximum atomic E-state index is 14.2. The number of carbonyl (C=O) groups excluding carboxylic acids is 2. The van der Waals surface area contributed by atoms with Crippen LogP contribution in [0.4, 0.5) is 10.1 Å². The van der Waals surface area contributed by atoms with Crippen LogP contribution < -0.4 is 4.90 Å². The van der Waals surface area contributed by atoms with E-state index in [1.807, 2.05) is 48.5 Å². The molecule has 0 saturated carbocycles. The lowest BCUT2D eigenvalue weighted by Gasteiger charge is -2.21. The molecule has 0 saturated heterocycles. The van der Waals surface area contributed by atoms with E-state index in [2.05, 4.69) is 0 Å². The molecule has 1 aliphatic heterocycles. The normalized spacial score (nSPS) is 13.9. The molecule has 1 aliphatic rings. The van der Waals surface area contributed by atoms with Gasteiger partial charge in [0.25, 0.3) is 11.8 Å². The van der Waals surface area contributed by atoms with Crippen LogP contribution in [0.25, 0.3) is 5.57 Å². The van der Waals surface area contributed by atoms with Gasteiger partial charge in [-0.15, -0.1) is 0 Å². The van der Waals surface area contributed by atoms with Crippen molar-refractivity contribution in [2.24, 2.45) is 0 Å². The first-order valence-corrected chi connectivity index (χ1v) is 9.26. The maximum Gasteiger partial charge on any atom is 0.278 e. The molecule has 0 spiro atoms. The van der Waals surface area contributed by atoms with Crippen LogP contribution in [0.1, 0.15) is 11.1 Å². The molecule has 29 heavy (non-hydrogen) atoms. The van der Waals surface area contributed by atoms with E-state index in [0.29, 0.717) is 16.7 Å². The van der Waals surface area contributed by atoms with Crippen molar-refractivity contribution in [1.82, 2.24) is 4.90 Å². The summed E-state index contributed by atoms with van der Waals surface area (Å²) >= 11 is 0. The summed E-state index contributed by atoms with van der Waals surface area (Å²) in [6.45, 7) is -0.118. The van der Waals surface area contributed by atoms with Crippen molar-refractivity contribution < 1.29 is 14.0 Å². The first kappa shape index (κ1) is 18.6. The number of nitrogens with zero attached hydrogens (tertiary/aromatic N) is 2. The minimum Gasteiger partial charge on any atom is -0.339 e. The Morgan fingerprint density at radius 1 is 0.793 bits per heavy atom. The molecule has 0 unspecified atom stereocenters. The van der Waals surface area contributed by atoms with Gasteiger partial charge in [-0.3, -0.25) is 14.5 Å². The van der Waals surface area contributed by atoms with Crippen molar-refractivity contribution in [3.05, 3.63) is 108 Å². The number of hydrogen-bond acceptors (Lipinski definition) is 3. The Morgan fingerprint density at radius 3 is 2.03 bits per heavy atom. The molecule has 0 radical (unpaired) electrons. The summed E-state index contributed by atoms with van der Waals surface area (Å²) in [6, 6.07) is 24.6. The number of para-hydroxylation sites is 1. The van der Waals surface area contributed by atoms with Gasteiger partial charge >= 0.3 is 0 Å². The minimum absolute atomic E-state index is 0.118. The van der Waals surface area contributed by atoms with Crippen LogP contribution in [0.5, 0.6) is 0 Å². The van der Waals surface area contributed by atoms with Crippen LogP contribution in [0.15, 0.2) is 90.6 Å². The second-order valence-electron chi connectivity index (χ2n) is 6.77. The highest BCUT2D eigenvalue weighted by atomic mass is 19.1. The van der Waals surface area contributed by atoms with Crippen LogP contribution in [0, 0.1) is 5.82 Å². The molecule has 1 heterocycles. The first-order valence-electron chi connectivity index (χ1n) is 9.26. The van der Waals surface area contributed by atoms with Crippen LogP contribution in [0.3, 0.4) is 0 Å². The zero-order chi connectivity index (χ0) is 20.4. The number of likely N-dealkylation sites (N-methyl/N-ethyl adjacent to an activating group) is 1. The molecule has 5 heteroatoms. The van der Waals surface area contributed by atoms with Gasteiger partial charge in [-0.2, -0.15) is 0 Å². The molecule has 144 valence electrons. The highest BCUT2D eigenvalue weighted by Gasteiger charge is 2.41. The Morgan fingerprint density at radius 2 is 1.38 bits per heavy atom. The molecule has 0 N–H and O–H groups in total. The number of imide groups is 1. The second-order valence-corrected chi connectivity index (χ2v) is 6.77. The SMILES string of the molecule is CN(C1=C(c2ccccc2)C(=O)N(Cc2ccccc2F)C1=O)c1ccccc1. The van der Waals surface area contributed by atoms with E-state index < -0.39 is 17.6 Å². The predicted octanol–water partition coefficient (Wildman–Crippen LogP) is 4.24. The first-order chi connectivity index (χ1) is 14.1. The molecule has 4 rings (SSSR count). The van der Waals surface area contributed by atoms with Gasteiger partial charge in [-0.25, -0.2) is 4.39 Å². The van der Waals surface area contributed by atoms with Crippen molar-refractivity contribution in [3.8, 4) is 0 Å². The van der Waals surface area contributed by atoms with E-state index in [-0.39, 0.29) is 12.2 Å². The van der Waals surface area contributed by atoms with E-state index in [0.717, 1.165) is 10.6 Å². The lowest BCUT2D eigenvalue weighted by atomic mass is 10.0. The molecule has 0 atom stereocenters. The largest absolute Gasteiger partial charge is 0.339 e. The van der Waals surface area contributed by atoms with Crippen LogP contribution >= 0.6 is 0 Å². The summed E-state index contributed by atoms with van der Waals surface area (Å²) in [5.41, 5.74) is 2.33. The maximum absolute atomic E-state index is 14.2. The van der Waals surface area contributed by atoms with E-state index in [1.165, 1.54) is 6.07 Å². The van der Waals surface area contributed by atoms with E-state index in [9.17, 15) is 14.0 Å². The third-order valence-electron chi connectivity index (χ3n) is 4.97. The average Bonchev–Trinajstić information content (AvgIpc) is 3.00. The third-order valence-corrected chi connectivity index (χ3v) is 4.97. The Balaban J connectivity index is 1.79. The van der Waals surface area contributed by atoms with Gasteiger partial charge in [0.2, 0.25) is 0 Å². The summed E-state index contributed by atoms with van der Waals surface area (Å²) in [7, 11) is 1.76. The van der Waals surface area contributed by atoms with Crippen molar-refractivity contribution in [1.29, 1.82) is 0 Å². The summed E-state index contributed by atoms with van der Waals surface area (Å²) in [5.74, 6) is -1.31. The lowest BCUT2D eigenvalue weighted by Crippen LogP contribution is -2.34. The molecule has 3 aromatic rings.